The lowest BCUT2D eigenvalue weighted by atomic mass is 10.2. The van der Waals surface area contributed by atoms with Gasteiger partial charge in [-0.05, 0) is 25.1 Å². The van der Waals surface area contributed by atoms with Crippen LogP contribution in [0.25, 0.3) is 24.0 Å². The molecule has 0 atom stereocenters. The minimum Gasteiger partial charge on any atom is -0.346 e. The normalized spacial score (nSPS) is 12.4. The van der Waals surface area contributed by atoms with Crippen molar-refractivity contribution in [3.05, 3.63) is 49.1 Å². The van der Waals surface area contributed by atoms with Gasteiger partial charge in [0, 0.05) is 21.5 Å². The molecule has 2 aliphatic rings. The Balaban J connectivity index is 2.30. The van der Waals surface area contributed by atoms with Crippen LogP contribution >= 0.6 is 11.3 Å². The standard InChI is InChI=1S/C13H11N3OS/c1-7-3-4-9(18-7)5-10-11-6-14-8(2)15-12(11)16-13(10)17/h3-6,14H,2H2,1H3,(H,15,16,17). The molecule has 1 aromatic rings. The molecule has 2 N–H and O–H groups in total. The van der Waals surface area contributed by atoms with Crippen molar-refractivity contribution in [1.29, 1.82) is 0 Å². The van der Waals surface area contributed by atoms with E-state index < -0.39 is 0 Å². The first-order chi connectivity index (χ1) is 8.63. The van der Waals surface area contributed by atoms with Gasteiger partial charge in [0.15, 0.2) is 0 Å². The summed E-state index contributed by atoms with van der Waals surface area (Å²) < 4.78 is 0. The highest BCUT2D eigenvalue weighted by atomic mass is 32.1. The van der Waals surface area contributed by atoms with Crippen LogP contribution in [0, 0.1) is 6.92 Å². The molecular weight excluding hydrogens is 246 g/mol. The molecule has 3 rings (SSSR count). The Kier molecular flexibility index (Phi) is 2.41. The number of nitrogens with zero attached hydrogens (tertiary/aromatic N) is 1. The summed E-state index contributed by atoms with van der Waals surface area (Å²) >= 11 is 1.66. The molecule has 0 bridgehead atoms. The summed E-state index contributed by atoms with van der Waals surface area (Å²) in [5.41, 5.74) is 1.20. The molecule has 90 valence electrons. The van der Waals surface area contributed by atoms with Crippen molar-refractivity contribution < 1.29 is 0 Å². The first-order valence-corrected chi connectivity index (χ1v) is 6.30. The highest BCUT2D eigenvalue weighted by Crippen LogP contribution is 2.16. The Morgan fingerprint density at radius 1 is 1.44 bits per heavy atom. The molecule has 0 radical (unpaired) electrons. The molecule has 3 heterocycles. The summed E-state index contributed by atoms with van der Waals surface area (Å²) in [6, 6.07) is 4.04. The lowest BCUT2D eigenvalue weighted by molar-refractivity contribution is 1.07. The summed E-state index contributed by atoms with van der Waals surface area (Å²) in [6.45, 7) is 5.74. The fourth-order valence-electron chi connectivity index (χ4n) is 1.87. The minimum atomic E-state index is -0.123. The number of nitrogens with one attached hydrogen (secondary N) is 2. The Bertz CT molecular complexity index is 840. The fourth-order valence-corrected chi connectivity index (χ4v) is 2.69. The van der Waals surface area contributed by atoms with Gasteiger partial charge in [-0.15, -0.1) is 11.3 Å². The second-order valence-corrected chi connectivity index (χ2v) is 5.39. The lowest BCUT2D eigenvalue weighted by Crippen LogP contribution is -2.21. The number of aryl methyl sites for hydroxylation is 1. The van der Waals surface area contributed by atoms with Gasteiger partial charge < -0.3 is 9.97 Å². The lowest BCUT2D eigenvalue weighted by Gasteiger charge is -1.94. The van der Waals surface area contributed by atoms with Gasteiger partial charge in [-0.3, -0.25) is 4.79 Å². The molecule has 0 aromatic carbocycles. The van der Waals surface area contributed by atoms with Crippen molar-refractivity contribution in [2.45, 2.75) is 6.92 Å². The van der Waals surface area contributed by atoms with E-state index in [1.807, 2.05) is 25.1 Å². The minimum absolute atomic E-state index is 0.123. The number of fused-ring (bicyclic) bond motifs is 1. The molecule has 0 amide bonds. The Morgan fingerprint density at radius 3 is 3.00 bits per heavy atom. The molecule has 0 saturated heterocycles. The number of hydrogen-bond donors (Lipinski definition) is 2. The van der Waals surface area contributed by atoms with E-state index in [0.29, 0.717) is 16.5 Å². The summed E-state index contributed by atoms with van der Waals surface area (Å²) in [6.07, 6.45) is 3.64. The molecule has 0 saturated carbocycles. The third-order valence-corrected chi connectivity index (χ3v) is 3.65. The van der Waals surface area contributed by atoms with Gasteiger partial charge in [-0.25, -0.2) is 4.98 Å². The molecule has 0 spiro atoms. The van der Waals surface area contributed by atoms with Crippen molar-refractivity contribution in [2.24, 2.45) is 0 Å². The van der Waals surface area contributed by atoms with Gasteiger partial charge in [-0.2, -0.15) is 0 Å². The van der Waals surface area contributed by atoms with Crippen LogP contribution in [0.1, 0.15) is 9.75 Å². The van der Waals surface area contributed by atoms with E-state index in [2.05, 4.69) is 21.5 Å². The van der Waals surface area contributed by atoms with E-state index >= 15 is 0 Å². The number of aromatic nitrogens is 3. The number of hydrogen-bond acceptors (Lipinski definition) is 3. The van der Waals surface area contributed by atoms with Crippen LogP contribution in [-0.2, 0) is 0 Å². The monoisotopic (exact) mass is 257 g/mol. The van der Waals surface area contributed by atoms with Gasteiger partial charge in [-0.1, -0.05) is 6.58 Å². The highest BCUT2D eigenvalue weighted by molar-refractivity contribution is 7.12. The third-order valence-electron chi connectivity index (χ3n) is 2.70. The van der Waals surface area contributed by atoms with E-state index in [-0.39, 0.29) is 5.56 Å². The molecule has 5 heteroatoms. The maximum absolute atomic E-state index is 11.9. The summed E-state index contributed by atoms with van der Waals surface area (Å²) in [4.78, 5) is 24.0. The molecule has 2 aliphatic heterocycles. The van der Waals surface area contributed by atoms with Crippen molar-refractivity contribution in [3.63, 3.8) is 0 Å². The van der Waals surface area contributed by atoms with E-state index in [1.54, 1.807) is 17.5 Å². The molecule has 0 unspecified atom stereocenters. The van der Waals surface area contributed by atoms with Gasteiger partial charge in [0.05, 0.1) is 5.22 Å². The average molecular weight is 257 g/mol. The number of aromatic amines is 2. The zero-order valence-electron chi connectivity index (χ0n) is 9.78. The second-order valence-electron chi connectivity index (χ2n) is 4.07. The van der Waals surface area contributed by atoms with Crippen LogP contribution in [0.15, 0.2) is 23.1 Å². The van der Waals surface area contributed by atoms with Crippen molar-refractivity contribution >= 4 is 24.0 Å². The maximum Gasteiger partial charge on any atom is 0.257 e. The van der Waals surface area contributed by atoms with E-state index in [0.717, 1.165) is 10.4 Å². The number of H-pyrrole nitrogens is 2. The van der Waals surface area contributed by atoms with E-state index in [1.165, 1.54) is 4.88 Å². The SMILES string of the molecule is C=c1nc2[nH]c(=O)c(=Cc3ccc(C)s3)c-2c[nH]1. The van der Waals surface area contributed by atoms with Crippen molar-refractivity contribution in [1.82, 2.24) is 15.0 Å². The molecule has 0 fully saturated rings. The number of thiophene rings is 1. The van der Waals surface area contributed by atoms with Crippen LogP contribution in [0.2, 0.25) is 0 Å². The first-order valence-electron chi connectivity index (χ1n) is 5.48. The molecular formula is C13H11N3OS. The zero-order valence-corrected chi connectivity index (χ0v) is 10.6. The van der Waals surface area contributed by atoms with Gasteiger partial charge >= 0.3 is 0 Å². The van der Waals surface area contributed by atoms with E-state index in [9.17, 15) is 4.79 Å². The van der Waals surface area contributed by atoms with Crippen LogP contribution in [-0.4, -0.2) is 15.0 Å². The smallest absolute Gasteiger partial charge is 0.257 e. The van der Waals surface area contributed by atoms with Crippen molar-refractivity contribution in [3.8, 4) is 11.4 Å². The summed E-state index contributed by atoms with van der Waals surface area (Å²) in [7, 11) is 0. The van der Waals surface area contributed by atoms with Crippen LogP contribution in [0.3, 0.4) is 0 Å². The maximum atomic E-state index is 11.9. The first kappa shape index (κ1) is 11.0. The predicted molar refractivity (Wildman–Crippen MR) is 73.2 cm³/mol. The summed E-state index contributed by atoms with van der Waals surface area (Å²) in [5.74, 6) is 0.572. The molecule has 1 aromatic heterocycles. The van der Waals surface area contributed by atoms with E-state index in [4.69, 9.17) is 0 Å². The summed E-state index contributed by atoms with van der Waals surface area (Å²) in [5, 5.41) is 0.635. The molecule has 18 heavy (non-hydrogen) atoms. The predicted octanol–water partition coefficient (Wildman–Crippen LogP) is 0.812. The molecule has 4 nitrogen and oxygen atoms in total. The average Bonchev–Trinajstić information content (AvgIpc) is 2.84. The largest absolute Gasteiger partial charge is 0.346 e. The highest BCUT2D eigenvalue weighted by Gasteiger charge is 2.10. The number of rotatable bonds is 1. The van der Waals surface area contributed by atoms with Gasteiger partial charge in [0.2, 0.25) is 0 Å². The fraction of sp³-hybridized carbons (Fsp3) is 0.0769. The van der Waals surface area contributed by atoms with Crippen molar-refractivity contribution in [2.75, 3.05) is 0 Å². The molecule has 0 aliphatic carbocycles. The van der Waals surface area contributed by atoms with Crippen LogP contribution < -0.4 is 16.3 Å². The third kappa shape index (κ3) is 1.78. The Morgan fingerprint density at radius 2 is 2.28 bits per heavy atom. The van der Waals surface area contributed by atoms with Gasteiger partial charge in [0.25, 0.3) is 5.56 Å². The zero-order chi connectivity index (χ0) is 12.7. The second kappa shape index (κ2) is 3.96. The Hall–Kier alpha value is -2.14. The topological polar surface area (TPSA) is 61.5 Å². The quantitative estimate of drug-likeness (QED) is 0.678. The van der Waals surface area contributed by atoms with Crippen LogP contribution in [0.4, 0.5) is 0 Å². The van der Waals surface area contributed by atoms with Gasteiger partial charge in [0.1, 0.15) is 11.3 Å². The van der Waals surface area contributed by atoms with Crippen LogP contribution in [0.5, 0.6) is 0 Å². The Labute approximate surface area is 107 Å².